The fourth-order valence-corrected chi connectivity index (χ4v) is 3.31. The van der Waals surface area contributed by atoms with E-state index in [4.69, 9.17) is 10.5 Å². The van der Waals surface area contributed by atoms with Gasteiger partial charge in [-0.15, -0.1) is 0 Å². The molecule has 0 saturated carbocycles. The molecule has 0 atom stereocenters. The molecule has 34 heavy (non-hydrogen) atoms. The molecular weight excluding hydrogens is 453 g/mol. The molecule has 0 aliphatic rings. The molecule has 0 aliphatic carbocycles. The van der Waals surface area contributed by atoms with Crippen LogP contribution in [0.1, 0.15) is 38.9 Å². The molecule has 3 amide bonds. The number of H-pyrrole nitrogens is 1. The smallest absolute Gasteiger partial charge is 0.416 e. The van der Waals surface area contributed by atoms with Gasteiger partial charge in [-0.1, -0.05) is 18.2 Å². The van der Waals surface area contributed by atoms with E-state index in [-0.39, 0.29) is 34.7 Å². The molecule has 1 heterocycles. The highest BCUT2D eigenvalue weighted by molar-refractivity contribution is 6.07. The van der Waals surface area contributed by atoms with Crippen LogP contribution in [0.5, 0.6) is 0 Å². The van der Waals surface area contributed by atoms with Crippen LogP contribution in [0.3, 0.4) is 0 Å². The number of alkyl halides is 3. The van der Waals surface area contributed by atoms with Crippen LogP contribution in [0.25, 0.3) is 11.1 Å². The Morgan fingerprint density at radius 1 is 1.03 bits per heavy atom. The molecule has 5 N–H and O–H groups in total. The number of esters is 1. The topological polar surface area (TPSA) is 126 Å². The number of aromatic amines is 1. The van der Waals surface area contributed by atoms with Gasteiger partial charge in [-0.05, 0) is 49.2 Å². The van der Waals surface area contributed by atoms with Crippen molar-refractivity contribution < 1.29 is 32.3 Å². The molecule has 2 aromatic carbocycles. The van der Waals surface area contributed by atoms with Gasteiger partial charge in [0.05, 0.1) is 17.7 Å². The molecule has 0 spiro atoms. The number of carbonyl (C=O) groups is 3. The largest absolute Gasteiger partial charge is 0.462 e. The van der Waals surface area contributed by atoms with Crippen molar-refractivity contribution in [2.75, 3.05) is 17.2 Å². The van der Waals surface area contributed by atoms with Crippen molar-refractivity contribution in [3.63, 3.8) is 0 Å². The van der Waals surface area contributed by atoms with E-state index in [9.17, 15) is 27.6 Å². The van der Waals surface area contributed by atoms with Crippen LogP contribution >= 0.6 is 0 Å². The highest BCUT2D eigenvalue weighted by Gasteiger charge is 2.32. The lowest BCUT2D eigenvalue weighted by atomic mass is 10.0. The number of amides is 3. The number of aromatic nitrogens is 1. The van der Waals surface area contributed by atoms with E-state index in [1.165, 1.54) is 37.4 Å². The van der Waals surface area contributed by atoms with Crippen LogP contribution in [0.2, 0.25) is 0 Å². The predicted molar refractivity (Wildman–Crippen MR) is 120 cm³/mol. The standard InChI is InChI=1S/C23H21F3N4O4/c1-3-34-21(32)16-11-28-19(20(27)31)18(16)13-5-8-14(9-6-13)29-22(33)30-15-7-4-12(2)17(10-15)23(24,25)26/h4-11,28H,3H2,1-2H3,(H2,27,31)(H2,29,30,33). The number of ether oxygens (including phenoxy) is 1. The number of benzene rings is 2. The summed E-state index contributed by atoms with van der Waals surface area (Å²) in [5.74, 6) is -1.41. The quantitative estimate of drug-likeness (QED) is 0.378. The molecule has 0 radical (unpaired) electrons. The number of rotatable bonds is 6. The summed E-state index contributed by atoms with van der Waals surface area (Å²) in [6.45, 7) is 3.11. The summed E-state index contributed by atoms with van der Waals surface area (Å²) in [4.78, 5) is 39.0. The molecule has 11 heteroatoms. The number of hydrogen-bond donors (Lipinski definition) is 4. The maximum atomic E-state index is 13.1. The Balaban J connectivity index is 1.79. The Labute approximate surface area is 192 Å². The monoisotopic (exact) mass is 474 g/mol. The third-order valence-corrected chi connectivity index (χ3v) is 4.85. The Morgan fingerprint density at radius 3 is 2.24 bits per heavy atom. The molecule has 0 fully saturated rings. The van der Waals surface area contributed by atoms with Gasteiger partial charge in [-0.25, -0.2) is 9.59 Å². The zero-order valence-corrected chi connectivity index (χ0v) is 18.2. The zero-order valence-electron chi connectivity index (χ0n) is 18.2. The highest BCUT2D eigenvalue weighted by Crippen LogP contribution is 2.33. The van der Waals surface area contributed by atoms with E-state index < -0.39 is 29.6 Å². The van der Waals surface area contributed by atoms with Crippen molar-refractivity contribution in [2.45, 2.75) is 20.0 Å². The lowest BCUT2D eigenvalue weighted by Gasteiger charge is -2.13. The molecule has 3 rings (SSSR count). The van der Waals surface area contributed by atoms with E-state index >= 15 is 0 Å². The molecule has 0 unspecified atom stereocenters. The Kier molecular flexibility index (Phi) is 6.94. The van der Waals surface area contributed by atoms with Crippen LogP contribution in [0.15, 0.2) is 48.7 Å². The average molecular weight is 474 g/mol. The summed E-state index contributed by atoms with van der Waals surface area (Å²) in [6.07, 6.45) is -3.22. The van der Waals surface area contributed by atoms with Gasteiger partial charge in [0, 0.05) is 23.1 Å². The first-order chi connectivity index (χ1) is 16.0. The zero-order chi connectivity index (χ0) is 25.0. The third-order valence-electron chi connectivity index (χ3n) is 4.85. The van der Waals surface area contributed by atoms with Crippen molar-refractivity contribution in [1.82, 2.24) is 4.98 Å². The SMILES string of the molecule is CCOC(=O)c1c[nH]c(C(N)=O)c1-c1ccc(NC(=O)Nc2ccc(C)c(C(F)(F)F)c2)cc1. The van der Waals surface area contributed by atoms with Crippen LogP contribution in [0, 0.1) is 6.92 Å². The number of urea groups is 1. The first kappa shape index (κ1) is 24.4. The Hall–Kier alpha value is -4.28. The van der Waals surface area contributed by atoms with Gasteiger partial charge in [0.1, 0.15) is 5.69 Å². The molecule has 0 saturated heterocycles. The maximum absolute atomic E-state index is 13.1. The van der Waals surface area contributed by atoms with E-state index in [1.54, 1.807) is 19.1 Å². The summed E-state index contributed by atoms with van der Waals surface area (Å²) in [5, 5.41) is 4.87. The lowest BCUT2D eigenvalue weighted by molar-refractivity contribution is -0.138. The van der Waals surface area contributed by atoms with E-state index in [0.717, 1.165) is 6.07 Å². The number of nitrogens with two attached hydrogens (primary N) is 1. The summed E-state index contributed by atoms with van der Waals surface area (Å²) in [7, 11) is 0. The fourth-order valence-electron chi connectivity index (χ4n) is 3.31. The molecule has 178 valence electrons. The fraction of sp³-hybridized carbons (Fsp3) is 0.174. The van der Waals surface area contributed by atoms with Crippen LogP contribution in [0.4, 0.5) is 29.3 Å². The normalized spacial score (nSPS) is 11.1. The van der Waals surface area contributed by atoms with Crippen molar-refractivity contribution in [3.05, 3.63) is 71.0 Å². The van der Waals surface area contributed by atoms with Gasteiger partial charge >= 0.3 is 18.2 Å². The summed E-state index contributed by atoms with van der Waals surface area (Å²) in [6, 6.07) is 8.81. The van der Waals surface area contributed by atoms with Gasteiger partial charge in [0.2, 0.25) is 0 Å². The van der Waals surface area contributed by atoms with E-state index in [2.05, 4.69) is 15.6 Å². The number of primary amides is 1. The molecule has 3 aromatic rings. The summed E-state index contributed by atoms with van der Waals surface area (Å²) in [5.41, 5.74) is 5.73. The second-order valence-corrected chi connectivity index (χ2v) is 7.22. The number of anilines is 2. The number of hydrogen-bond acceptors (Lipinski definition) is 4. The number of aryl methyl sites for hydroxylation is 1. The van der Waals surface area contributed by atoms with Gasteiger partial charge in [0.15, 0.2) is 0 Å². The minimum atomic E-state index is -4.54. The third kappa shape index (κ3) is 5.37. The Morgan fingerprint density at radius 2 is 1.65 bits per heavy atom. The lowest BCUT2D eigenvalue weighted by Crippen LogP contribution is -2.20. The minimum absolute atomic E-state index is 0.0151. The molecular formula is C23H21F3N4O4. The number of halogens is 3. The first-order valence-electron chi connectivity index (χ1n) is 10.1. The first-order valence-corrected chi connectivity index (χ1v) is 10.1. The van der Waals surface area contributed by atoms with Crippen molar-refractivity contribution in [3.8, 4) is 11.1 Å². The molecule has 0 bridgehead atoms. The number of carbonyl (C=O) groups excluding carboxylic acids is 3. The van der Waals surface area contributed by atoms with Crippen molar-refractivity contribution in [2.24, 2.45) is 5.73 Å². The molecule has 0 aliphatic heterocycles. The summed E-state index contributed by atoms with van der Waals surface area (Å²) >= 11 is 0. The van der Waals surface area contributed by atoms with Crippen LogP contribution in [-0.2, 0) is 10.9 Å². The predicted octanol–water partition coefficient (Wildman–Crippen LogP) is 4.93. The highest BCUT2D eigenvalue weighted by atomic mass is 19.4. The Bertz CT molecular complexity index is 1230. The second-order valence-electron chi connectivity index (χ2n) is 7.22. The maximum Gasteiger partial charge on any atom is 0.416 e. The van der Waals surface area contributed by atoms with E-state index in [1.807, 2.05) is 0 Å². The van der Waals surface area contributed by atoms with Gasteiger partial charge < -0.3 is 26.1 Å². The molecule has 1 aromatic heterocycles. The van der Waals surface area contributed by atoms with Gasteiger partial charge in [-0.3, -0.25) is 4.79 Å². The van der Waals surface area contributed by atoms with Crippen molar-refractivity contribution >= 4 is 29.3 Å². The summed E-state index contributed by atoms with van der Waals surface area (Å²) < 4.78 is 44.2. The van der Waals surface area contributed by atoms with Crippen LogP contribution < -0.4 is 16.4 Å². The minimum Gasteiger partial charge on any atom is -0.462 e. The van der Waals surface area contributed by atoms with Gasteiger partial charge in [-0.2, -0.15) is 13.2 Å². The molecule has 8 nitrogen and oxygen atoms in total. The average Bonchev–Trinajstić information content (AvgIpc) is 3.21. The van der Waals surface area contributed by atoms with Crippen LogP contribution in [-0.4, -0.2) is 29.5 Å². The van der Waals surface area contributed by atoms with Crippen molar-refractivity contribution in [1.29, 1.82) is 0 Å². The van der Waals surface area contributed by atoms with E-state index in [0.29, 0.717) is 11.3 Å². The van der Waals surface area contributed by atoms with Gasteiger partial charge in [0.25, 0.3) is 5.91 Å². The second kappa shape index (κ2) is 9.69. The number of nitrogens with one attached hydrogen (secondary N) is 3.